The van der Waals surface area contributed by atoms with E-state index in [1.807, 2.05) is 0 Å². The van der Waals surface area contributed by atoms with E-state index in [0.29, 0.717) is 25.1 Å². The van der Waals surface area contributed by atoms with Gasteiger partial charge >= 0.3 is 5.97 Å². The summed E-state index contributed by atoms with van der Waals surface area (Å²) in [6.45, 7) is 0.671. The van der Waals surface area contributed by atoms with Crippen LogP contribution in [0.4, 0.5) is 4.39 Å². The molecule has 0 bridgehead atoms. The van der Waals surface area contributed by atoms with Crippen LogP contribution >= 0.6 is 0 Å². The van der Waals surface area contributed by atoms with Gasteiger partial charge in [0.1, 0.15) is 11.6 Å². The quantitative estimate of drug-likeness (QED) is 0.929. The Balaban J connectivity index is 1.95. The van der Waals surface area contributed by atoms with E-state index in [1.54, 1.807) is 17.0 Å². The van der Waals surface area contributed by atoms with E-state index in [0.717, 1.165) is 5.56 Å². The summed E-state index contributed by atoms with van der Waals surface area (Å²) in [7, 11) is 1.41. The van der Waals surface area contributed by atoms with Crippen LogP contribution in [0.5, 0.6) is 5.75 Å². The van der Waals surface area contributed by atoms with Crippen molar-refractivity contribution in [2.45, 2.75) is 13.0 Å². The molecule has 24 heavy (non-hydrogen) atoms. The average molecular weight is 330 g/mol. The van der Waals surface area contributed by atoms with E-state index in [1.165, 1.54) is 25.4 Å². The molecule has 2 heterocycles. The van der Waals surface area contributed by atoms with Crippen molar-refractivity contribution in [2.24, 2.45) is 0 Å². The van der Waals surface area contributed by atoms with Gasteiger partial charge in [0.05, 0.1) is 18.9 Å². The second kappa shape index (κ2) is 6.27. The number of nitrogens with zero attached hydrogens (tertiary/aromatic N) is 2. The number of carbonyl (C=O) groups is 2. The standard InChI is InChI=1S/C17H15FN2O4/c1-24-13-8-19-15(17(22)23)12-6-7-20(16(21)14(12)13)9-10-2-4-11(18)5-3-10/h2-5,8H,6-7,9H2,1H3,(H,22,23). The number of hydrogen-bond acceptors (Lipinski definition) is 4. The Bertz CT molecular complexity index is 805. The van der Waals surface area contributed by atoms with Crippen LogP contribution in [0.15, 0.2) is 30.5 Å². The lowest BCUT2D eigenvalue weighted by Crippen LogP contribution is -2.38. The van der Waals surface area contributed by atoms with Gasteiger partial charge in [-0.25, -0.2) is 14.2 Å². The molecule has 0 saturated heterocycles. The molecule has 0 spiro atoms. The molecule has 0 fully saturated rings. The maximum absolute atomic E-state index is 13.0. The SMILES string of the molecule is COc1cnc(C(=O)O)c2c1C(=O)N(Cc1ccc(F)cc1)CC2. The number of methoxy groups -OCH3 is 1. The number of ether oxygens (including phenoxy) is 1. The summed E-state index contributed by atoms with van der Waals surface area (Å²) in [5, 5.41) is 9.25. The Kier molecular flexibility index (Phi) is 4.16. The number of halogens is 1. The molecule has 1 aliphatic rings. The van der Waals surface area contributed by atoms with Crippen LogP contribution in [0.3, 0.4) is 0 Å². The van der Waals surface area contributed by atoms with Crippen molar-refractivity contribution in [1.82, 2.24) is 9.88 Å². The van der Waals surface area contributed by atoms with E-state index >= 15 is 0 Å². The van der Waals surface area contributed by atoms with Crippen LogP contribution in [0.2, 0.25) is 0 Å². The predicted molar refractivity (Wildman–Crippen MR) is 82.6 cm³/mol. The number of pyridine rings is 1. The van der Waals surface area contributed by atoms with E-state index in [-0.39, 0.29) is 28.7 Å². The maximum Gasteiger partial charge on any atom is 0.354 e. The van der Waals surface area contributed by atoms with Crippen LogP contribution in [0.1, 0.15) is 32.0 Å². The fraction of sp³-hybridized carbons (Fsp3) is 0.235. The summed E-state index contributed by atoms with van der Waals surface area (Å²) >= 11 is 0. The summed E-state index contributed by atoms with van der Waals surface area (Å²) in [5.74, 6) is -1.58. The number of fused-ring (bicyclic) bond motifs is 1. The molecule has 0 atom stereocenters. The molecule has 1 aromatic carbocycles. The van der Waals surface area contributed by atoms with Crippen molar-refractivity contribution in [3.63, 3.8) is 0 Å². The molecule has 6 nitrogen and oxygen atoms in total. The number of hydrogen-bond donors (Lipinski definition) is 1. The van der Waals surface area contributed by atoms with Crippen molar-refractivity contribution in [3.8, 4) is 5.75 Å². The molecule has 0 unspecified atom stereocenters. The number of carboxylic acid groups (broad SMARTS) is 1. The lowest BCUT2D eigenvalue weighted by atomic mass is 9.96. The van der Waals surface area contributed by atoms with Crippen molar-refractivity contribution in [1.29, 1.82) is 0 Å². The minimum atomic E-state index is -1.17. The molecule has 3 rings (SSSR count). The Hall–Kier alpha value is -2.96. The zero-order valence-electron chi connectivity index (χ0n) is 13.0. The number of aromatic carboxylic acids is 1. The largest absolute Gasteiger partial charge is 0.494 e. The first-order valence-corrected chi connectivity index (χ1v) is 7.34. The lowest BCUT2D eigenvalue weighted by molar-refractivity contribution is 0.0684. The number of rotatable bonds is 4. The number of benzene rings is 1. The molecule has 0 radical (unpaired) electrons. The zero-order valence-corrected chi connectivity index (χ0v) is 13.0. The van der Waals surface area contributed by atoms with E-state index in [9.17, 15) is 19.1 Å². The third kappa shape index (κ3) is 2.80. The minimum absolute atomic E-state index is 0.124. The fourth-order valence-corrected chi connectivity index (χ4v) is 2.82. The third-order valence-corrected chi connectivity index (χ3v) is 3.99. The maximum atomic E-state index is 13.0. The van der Waals surface area contributed by atoms with Gasteiger partial charge in [-0.1, -0.05) is 12.1 Å². The molecule has 1 aliphatic heterocycles. The van der Waals surface area contributed by atoms with Gasteiger partial charge in [-0.2, -0.15) is 0 Å². The smallest absolute Gasteiger partial charge is 0.354 e. The summed E-state index contributed by atoms with van der Waals surface area (Å²) < 4.78 is 18.2. The normalized spacial score (nSPS) is 13.6. The molecule has 124 valence electrons. The minimum Gasteiger partial charge on any atom is -0.494 e. The molecular weight excluding hydrogens is 315 g/mol. The number of aromatic nitrogens is 1. The van der Waals surface area contributed by atoms with Crippen molar-refractivity contribution in [3.05, 3.63) is 58.7 Å². The van der Waals surface area contributed by atoms with Crippen molar-refractivity contribution in [2.75, 3.05) is 13.7 Å². The van der Waals surface area contributed by atoms with Crippen molar-refractivity contribution < 1.29 is 23.8 Å². The molecule has 1 N–H and O–H groups in total. The predicted octanol–water partition coefficient (Wildman–Crippen LogP) is 2.13. The highest BCUT2D eigenvalue weighted by Gasteiger charge is 2.32. The van der Waals surface area contributed by atoms with Crippen LogP contribution in [0, 0.1) is 5.82 Å². The van der Waals surface area contributed by atoms with Gasteiger partial charge in [0.25, 0.3) is 5.91 Å². The van der Waals surface area contributed by atoms with Crippen LogP contribution < -0.4 is 4.74 Å². The van der Waals surface area contributed by atoms with Crippen LogP contribution in [0.25, 0.3) is 0 Å². The Morgan fingerprint density at radius 2 is 2.08 bits per heavy atom. The topological polar surface area (TPSA) is 79.7 Å². The highest BCUT2D eigenvalue weighted by molar-refractivity contribution is 6.02. The second-order valence-corrected chi connectivity index (χ2v) is 5.44. The highest BCUT2D eigenvalue weighted by atomic mass is 19.1. The molecule has 0 aliphatic carbocycles. The molecular formula is C17H15FN2O4. The van der Waals surface area contributed by atoms with E-state index in [4.69, 9.17) is 4.74 Å². The number of carbonyl (C=O) groups excluding carboxylic acids is 1. The summed E-state index contributed by atoms with van der Waals surface area (Å²) in [6, 6.07) is 5.91. The van der Waals surface area contributed by atoms with Gasteiger partial charge in [0.15, 0.2) is 5.69 Å². The summed E-state index contributed by atoms with van der Waals surface area (Å²) in [6.07, 6.45) is 1.62. The first kappa shape index (κ1) is 15.9. The molecule has 1 aromatic heterocycles. The Morgan fingerprint density at radius 3 is 2.71 bits per heavy atom. The Labute approximate surface area is 137 Å². The zero-order chi connectivity index (χ0) is 17.3. The molecule has 2 aromatic rings. The second-order valence-electron chi connectivity index (χ2n) is 5.44. The van der Waals surface area contributed by atoms with Gasteiger partial charge in [-0.3, -0.25) is 4.79 Å². The number of amides is 1. The lowest BCUT2D eigenvalue weighted by Gasteiger charge is -2.30. The van der Waals surface area contributed by atoms with E-state index in [2.05, 4.69) is 4.98 Å². The van der Waals surface area contributed by atoms with Crippen LogP contribution in [-0.2, 0) is 13.0 Å². The molecule has 7 heteroatoms. The first-order valence-electron chi connectivity index (χ1n) is 7.34. The van der Waals surface area contributed by atoms with Gasteiger partial charge in [0, 0.05) is 18.7 Å². The van der Waals surface area contributed by atoms with Gasteiger partial charge < -0.3 is 14.7 Å². The fourth-order valence-electron chi connectivity index (χ4n) is 2.82. The van der Waals surface area contributed by atoms with E-state index < -0.39 is 5.97 Å². The van der Waals surface area contributed by atoms with Gasteiger partial charge in [-0.05, 0) is 24.1 Å². The third-order valence-electron chi connectivity index (χ3n) is 3.99. The monoisotopic (exact) mass is 330 g/mol. The summed E-state index contributed by atoms with van der Waals surface area (Å²) in [5.41, 5.74) is 1.29. The molecule has 1 amide bonds. The van der Waals surface area contributed by atoms with Crippen molar-refractivity contribution >= 4 is 11.9 Å². The average Bonchev–Trinajstić information content (AvgIpc) is 2.58. The number of carboxylic acids is 1. The highest BCUT2D eigenvalue weighted by Crippen LogP contribution is 2.30. The molecule has 0 saturated carbocycles. The van der Waals surface area contributed by atoms with Crippen LogP contribution in [-0.4, -0.2) is 40.5 Å². The van der Waals surface area contributed by atoms with Gasteiger partial charge in [0.2, 0.25) is 0 Å². The first-order chi connectivity index (χ1) is 11.5. The Morgan fingerprint density at radius 1 is 1.38 bits per heavy atom. The summed E-state index contributed by atoms with van der Waals surface area (Å²) in [4.78, 5) is 29.6. The van der Waals surface area contributed by atoms with Gasteiger partial charge in [-0.15, -0.1) is 0 Å².